The van der Waals surface area contributed by atoms with Gasteiger partial charge in [0.2, 0.25) is 0 Å². The fraction of sp³-hybridized carbons (Fsp3) is 0.429. The number of benzene rings is 1. The summed E-state index contributed by atoms with van der Waals surface area (Å²) in [6, 6.07) is 14.6. The summed E-state index contributed by atoms with van der Waals surface area (Å²) in [5.41, 5.74) is -0.603. The number of hydrogen-bond donors (Lipinski definition) is 1. The van der Waals surface area contributed by atoms with Crippen LogP contribution in [0.4, 0.5) is 0 Å². The molecule has 0 aliphatic heterocycles. The summed E-state index contributed by atoms with van der Waals surface area (Å²) in [4.78, 5) is 18.7. The first kappa shape index (κ1) is 30.3. The molecule has 2 heterocycles. The molecular formula is C28H36IrNO3Se-. The molecule has 0 aliphatic rings. The molecule has 0 fully saturated rings. The van der Waals surface area contributed by atoms with Gasteiger partial charge >= 0.3 is 99.1 Å². The number of aliphatic hydroxyl groups excluding tert-OH is 1. The van der Waals surface area contributed by atoms with E-state index in [4.69, 9.17) is 4.74 Å². The maximum absolute atomic E-state index is 12.2. The zero-order valence-electron chi connectivity index (χ0n) is 21.0. The van der Waals surface area contributed by atoms with Crippen LogP contribution in [0.15, 0.2) is 59.4 Å². The summed E-state index contributed by atoms with van der Waals surface area (Å²) in [7, 11) is 0. The van der Waals surface area contributed by atoms with Gasteiger partial charge in [-0.25, -0.2) is 0 Å². The summed E-state index contributed by atoms with van der Waals surface area (Å²) in [6.45, 7) is 12.1. The first-order chi connectivity index (χ1) is 15.7. The van der Waals surface area contributed by atoms with Crippen LogP contribution in [0.1, 0.15) is 67.2 Å². The Kier molecular flexibility index (Phi) is 12.5. The third-order valence-electron chi connectivity index (χ3n) is 6.81. The van der Waals surface area contributed by atoms with Gasteiger partial charge in [0.05, 0.1) is 0 Å². The third-order valence-corrected chi connectivity index (χ3v) is 8.63. The Labute approximate surface area is 223 Å². The molecule has 34 heavy (non-hydrogen) atoms. The molecule has 0 saturated carbocycles. The molecule has 4 nitrogen and oxygen atoms in total. The van der Waals surface area contributed by atoms with Crippen molar-refractivity contribution < 1.29 is 34.7 Å². The Bertz CT molecular complexity index is 1050. The second kappa shape index (κ2) is 14.0. The van der Waals surface area contributed by atoms with E-state index in [0.29, 0.717) is 26.1 Å². The molecule has 0 unspecified atom stereocenters. The minimum atomic E-state index is -0.337. The van der Waals surface area contributed by atoms with Crippen LogP contribution in [0, 0.1) is 16.9 Å². The van der Waals surface area contributed by atoms with E-state index in [9.17, 15) is 9.90 Å². The molecule has 1 aromatic carbocycles. The van der Waals surface area contributed by atoms with Crippen molar-refractivity contribution in [3.63, 3.8) is 0 Å². The Morgan fingerprint density at radius 3 is 2.29 bits per heavy atom. The number of hydrogen-bond acceptors (Lipinski definition) is 4. The van der Waals surface area contributed by atoms with E-state index in [0.717, 1.165) is 25.7 Å². The standard InChI is InChI=1S/C15H28O2.C13H8NOSe.Ir/c1-7-14(5,8-2)12(16)11-13(17)15(6,9-3)10-4;1-2-4-11(5-3-1)15-13-8-10-6-7-16-12(10)9-14-13;/h11,16H,7-10H2,1-6H3;1-4,6-9H;/q;-1;/b12-11-;;. The number of nitrogens with zero attached hydrogens (tertiary/aromatic N) is 1. The van der Waals surface area contributed by atoms with E-state index in [1.807, 2.05) is 78.1 Å². The van der Waals surface area contributed by atoms with Crippen molar-refractivity contribution in [2.24, 2.45) is 10.8 Å². The first-order valence-electron chi connectivity index (χ1n) is 11.6. The van der Waals surface area contributed by atoms with Crippen LogP contribution in [-0.4, -0.2) is 30.4 Å². The van der Waals surface area contributed by atoms with Gasteiger partial charge in [0.25, 0.3) is 0 Å². The van der Waals surface area contributed by atoms with Crippen molar-refractivity contribution in [1.29, 1.82) is 0 Å². The van der Waals surface area contributed by atoms with Gasteiger partial charge in [0.1, 0.15) is 5.76 Å². The molecule has 6 heteroatoms. The quantitative estimate of drug-likeness (QED) is 0.108. The number of pyridine rings is 1. The molecule has 0 atom stereocenters. The summed E-state index contributed by atoms with van der Waals surface area (Å²) in [5, 5.41) is 11.4. The molecule has 0 aliphatic carbocycles. The van der Waals surface area contributed by atoms with E-state index in [2.05, 4.69) is 22.1 Å². The Balaban J connectivity index is 0.000000330. The molecule has 1 N–H and O–H groups in total. The van der Waals surface area contributed by atoms with Crippen LogP contribution in [-0.2, 0) is 24.9 Å². The fourth-order valence-corrected chi connectivity index (χ4v) is 4.69. The first-order valence-corrected chi connectivity index (χ1v) is 13.5. The van der Waals surface area contributed by atoms with Gasteiger partial charge in [0.15, 0.2) is 5.78 Å². The summed E-state index contributed by atoms with van der Waals surface area (Å²) >= 11 is 0.444. The van der Waals surface area contributed by atoms with Crippen LogP contribution in [0.5, 0.6) is 11.6 Å². The van der Waals surface area contributed by atoms with E-state index in [1.54, 1.807) is 0 Å². The minimum absolute atomic E-state index is 0. The summed E-state index contributed by atoms with van der Waals surface area (Å²) < 4.78 is 6.93. The van der Waals surface area contributed by atoms with Gasteiger partial charge in [-0.2, -0.15) is 0 Å². The van der Waals surface area contributed by atoms with Crippen LogP contribution in [0.2, 0.25) is 0 Å². The van der Waals surface area contributed by atoms with Gasteiger partial charge < -0.3 is 5.11 Å². The predicted molar refractivity (Wildman–Crippen MR) is 137 cm³/mol. The predicted octanol–water partition coefficient (Wildman–Crippen LogP) is 7.53. The van der Waals surface area contributed by atoms with Crippen LogP contribution in [0.3, 0.4) is 0 Å². The molecular weight excluding hydrogens is 669 g/mol. The SMILES string of the molecule is CCC(C)(CC)C(=O)/C=C(\O)C(C)(CC)CC.[Ir].[c-]1ccccc1Oc1cc2cc[se]c2cn1. The van der Waals surface area contributed by atoms with E-state index in [1.165, 1.54) is 15.7 Å². The number of carbonyl (C=O) groups is 1. The normalized spacial score (nSPS) is 11.9. The Hall–Kier alpha value is -1.71. The number of aliphatic hydroxyl groups is 1. The number of ether oxygens (including phenoxy) is 1. The van der Waals surface area contributed by atoms with E-state index in [-0.39, 0.29) is 42.5 Å². The fourth-order valence-electron chi connectivity index (χ4n) is 3.14. The number of carbonyl (C=O) groups excluding carboxylic acids is 1. The molecule has 3 rings (SSSR count). The molecule has 1 radical (unpaired) electrons. The van der Waals surface area contributed by atoms with Crippen molar-refractivity contribution in [1.82, 2.24) is 4.98 Å². The second-order valence-corrected chi connectivity index (χ2v) is 10.7. The summed E-state index contributed by atoms with van der Waals surface area (Å²) in [6.07, 6.45) is 6.65. The van der Waals surface area contributed by atoms with Gasteiger partial charge in [-0.05, 0) is 25.7 Å². The van der Waals surface area contributed by atoms with E-state index < -0.39 is 0 Å². The van der Waals surface area contributed by atoms with Crippen LogP contribution < -0.4 is 4.74 Å². The number of ketones is 1. The molecule has 0 spiro atoms. The maximum atomic E-state index is 12.2. The van der Waals surface area contributed by atoms with Crippen molar-refractivity contribution in [3.05, 3.63) is 65.4 Å². The van der Waals surface area contributed by atoms with Crippen LogP contribution in [0.25, 0.3) is 9.65 Å². The van der Waals surface area contributed by atoms with Gasteiger partial charge in [-0.1, -0.05) is 41.5 Å². The van der Waals surface area contributed by atoms with Crippen molar-refractivity contribution >= 4 is 29.9 Å². The van der Waals surface area contributed by atoms with Crippen molar-refractivity contribution in [2.75, 3.05) is 0 Å². The average molecular weight is 706 g/mol. The van der Waals surface area contributed by atoms with Crippen molar-refractivity contribution in [2.45, 2.75) is 67.2 Å². The molecule has 187 valence electrons. The number of rotatable bonds is 9. The topological polar surface area (TPSA) is 59.4 Å². The zero-order chi connectivity index (χ0) is 24.5. The van der Waals surface area contributed by atoms with Crippen molar-refractivity contribution in [3.8, 4) is 11.6 Å². The van der Waals surface area contributed by atoms with E-state index >= 15 is 0 Å². The monoisotopic (exact) mass is 707 g/mol. The Morgan fingerprint density at radius 1 is 1.09 bits per heavy atom. The number of fused-ring (bicyclic) bond motifs is 1. The van der Waals surface area contributed by atoms with Gasteiger partial charge in [0, 0.05) is 37.0 Å². The number of allylic oxidation sites excluding steroid dienone is 2. The van der Waals surface area contributed by atoms with Gasteiger partial charge in [-0.15, -0.1) is 0 Å². The second-order valence-electron chi connectivity index (χ2n) is 8.74. The number of para-hydroxylation sites is 1. The molecule has 0 bridgehead atoms. The zero-order valence-corrected chi connectivity index (χ0v) is 25.1. The Morgan fingerprint density at radius 2 is 1.74 bits per heavy atom. The molecule has 2 aromatic heterocycles. The van der Waals surface area contributed by atoms with Crippen LogP contribution >= 0.6 is 0 Å². The van der Waals surface area contributed by atoms with Gasteiger partial charge in [-0.3, -0.25) is 4.79 Å². The third kappa shape index (κ3) is 7.92. The number of aromatic nitrogens is 1. The molecule has 0 amide bonds. The average Bonchev–Trinajstić information content (AvgIpc) is 3.32. The molecule has 0 saturated heterocycles. The summed E-state index contributed by atoms with van der Waals surface area (Å²) in [5.74, 6) is 1.61. The molecule has 3 aromatic rings.